The summed E-state index contributed by atoms with van der Waals surface area (Å²) in [5.74, 6) is 3.61. The standard InChI is InChI=1S/C13H18N4O2/c1-2-19-13-15-12(16-17-13)14-11(18)10-8-6-3-4-7(5-6)9(8)10/h6-10H,2-5H2,1H3,(H2,14,15,16,17,18). The maximum Gasteiger partial charge on any atom is 0.337 e. The van der Waals surface area contributed by atoms with Gasteiger partial charge < -0.3 is 4.74 Å². The Morgan fingerprint density at radius 3 is 2.84 bits per heavy atom. The van der Waals surface area contributed by atoms with Gasteiger partial charge in [0.25, 0.3) is 0 Å². The van der Waals surface area contributed by atoms with Gasteiger partial charge in [-0.25, -0.2) is 5.10 Å². The molecule has 4 unspecified atom stereocenters. The van der Waals surface area contributed by atoms with Crippen LogP contribution in [0.1, 0.15) is 26.2 Å². The third-order valence-corrected chi connectivity index (χ3v) is 5.02. The molecule has 6 nitrogen and oxygen atoms in total. The predicted octanol–water partition coefficient (Wildman–Crippen LogP) is 1.43. The minimum atomic E-state index is 0.103. The van der Waals surface area contributed by atoms with Crippen molar-refractivity contribution in [3.63, 3.8) is 0 Å². The van der Waals surface area contributed by atoms with Crippen LogP contribution in [0.5, 0.6) is 6.01 Å². The molecule has 0 aliphatic heterocycles. The van der Waals surface area contributed by atoms with Gasteiger partial charge in [0.1, 0.15) is 0 Å². The molecule has 2 N–H and O–H groups in total. The van der Waals surface area contributed by atoms with E-state index >= 15 is 0 Å². The van der Waals surface area contributed by atoms with Gasteiger partial charge in [-0.05, 0) is 49.9 Å². The van der Waals surface area contributed by atoms with Crippen LogP contribution in [0.15, 0.2) is 0 Å². The van der Waals surface area contributed by atoms with Crippen molar-refractivity contribution in [2.24, 2.45) is 29.6 Å². The van der Waals surface area contributed by atoms with Gasteiger partial charge >= 0.3 is 6.01 Å². The van der Waals surface area contributed by atoms with E-state index in [0.29, 0.717) is 24.4 Å². The van der Waals surface area contributed by atoms with E-state index in [2.05, 4.69) is 20.5 Å². The number of amides is 1. The summed E-state index contributed by atoms with van der Waals surface area (Å²) in [7, 11) is 0. The Bertz CT molecular complexity index is 498. The minimum absolute atomic E-state index is 0.103. The van der Waals surface area contributed by atoms with E-state index in [1.807, 2.05) is 6.92 Å². The first-order valence-electron chi connectivity index (χ1n) is 7.14. The fourth-order valence-electron chi connectivity index (χ4n) is 4.37. The van der Waals surface area contributed by atoms with E-state index < -0.39 is 0 Å². The van der Waals surface area contributed by atoms with Crippen molar-refractivity contribution >= 4 is 11.9 Å². The summed E-state index contributed by atoms with van der Waals surface area (Å²) in [6, 6.07) is 0.286. The second-order valence-electron chi connectivity index (χ2n) is 5.90. The molecule has 0 spiro atoms. The summed E-state index contributed by atoms with van der Waals surface area (Å²) in [5, 5.41) is 9.40. The average molecular weight is 262 g/mol. The molecule has 4 atom stereocenters. The molecular formula is C13H18N4O2. The molecule has 0 saturated heterocycles. The largest absolute Gasteiger partial charge is 0.463 e. The molecule has 2 bridgehead atoms. The van der Waals surface area contributed by atoms with Crippen LogP contribution in [-0.2, 0) is 4.79 Å². The summed E-state index contributed by atoms with van der Waals surface area (Å²) in [6.07, 6.45) is 4.01. The van der Waals surface area contributed by atoms with Gasteiger partial charge in [0.05, 0.1) is 6.61 Å². The number of aromatic amines is 1. The quantitative estimate of drug-likeness (QED) is 0.860. The minimum Gasteiger partial charge on any atom is -0.463 e. The Kier molecular flexibility index (Phi) is 2.34. The number of hydrogen-bond acceptors (Lipinski definition) is 4. The van der Waals surface area contributed by atoms with Gasteiger partial charge in [0.15, 0.2) is 0 Å². The number of hydrogen-bond donors (Lipinski definition) is 2. The van der Waals surface area contributed by atoms with Gasteiger partial charge in [0.2, 0.25) is 11.9 Å². The van der Waals surface area contributed by atoms with E-state index in [1.165, 1.54) is 19.3 Å². The van der Waals surface area contributed by atoms with Crippen molar-refractivity contribution in [2.45, 2.75) is 26.2 Å². The highest BCUT2D eigenvalue weighted by Crippen LogP contribution is 2.69. The second kappa shape index (κ2) is 3.95. The lowest BCUT2D eigenvalue weighted by Crippen LogP contribution is -2.19. The van der Waals surface area contributed by atoms with E-state index in [-0.39, 0.29) is 17.8 Å². The molecular weight excluding hydrogens is 244 g/mol. The van der Waals surface area contributed by atoms with Crippen LogP contribution in [0.4, 0.5) is 5.95 Å². The first-order chi connectivity index (χ1) is 9.28. The molecule has 3 saturated carbocycles. The van der Waals surface area contributed by atoms with Crippen molar-refractivity contribution in [3.8, 4) is 6.01 Å². The van der Waals surface area contributed by atoms with Gasteiger partial charge in [-0.1, -0.05) is 0 Å². The van der Waals surface area contributed by atoms with Gasteiger partial charge in [0, 0.05) is 5.92 Å². The van der Waals surface area contributed by atoms with Crippen LogP contribution >= 0.6 is 0 Å². The third-order valence-electron chi connectivity index (χ3n) is 5.02. The summed E-state index contributed by atoms with van der Waals surface area (Å²) >= 11 is 0. The van der Waals surface area contributed by atoms with Crippen molar-refractivity contribution in [1.29, 1.82) is 0 Å². The van der Waals surface area contributed by atoms with Crippen LogP contribution < -0.4 is 10.1 Å². The normalized spacial score (nSPS) is 38.1. The topological polar surface area (TPSA) is 79.9 Å². The number of ether oxygens (including phenoxy) is 1. The fourth-order valence-corrected chi connectivity index (χ4v) is 4.37. The van der Waals surface area contributed by atoms with E-state index in [0.717, 1.165) is 11.8 Å². The lowest BCUT2D eigenvalue weighted by molar-refractivity contribution is -0.118. The number of anilines is 1. The SMILES string of the molecule is CCOc1n[nH]c(NC(=O)C2C3C4CCC(C4)C23)n1. The van der Waals surface area contributed by atoms with Crippen molar-refractivity contribution in [2.75, 3.05) is 11.9 Å². The van der Waals surface area contributed by atoms with Crippen molar-refractivity contribution in [3.05, 3.63) is 0 Å². The zero-order chi connectivity index (χ0) is 13.0. The zero-order valence-electron chi connectivity index (χ0n) is 10.9. The second-order valence-corrected chi connectivity index (χ2v) is 5.90. The maximum atomic E-state index is 12.2. The highest BCUT2D eigenvalue weighted by molar-refractivity contribution is 5.93. The number of aromatic nitrogens is 3. The Balaban J connectivity index is 1.40. The third kappa shape index (κ3) is 1.65. The van der Waals surface area contributed by atoms with E-state index in [4.69, 9.17) is 4.74 Å². The Morgan fingerprint density at radius 1 is 1.42 bits per heavy atom. The maximum absolute atomic E-state index is 12.2. The molecule has 1 aromatic rings. The fraction of sp³-hybridized carbons (Fsp3) is 0.769. The number of H-pyrrole nitrogens is 1. The zero-order valence-corrected chi connectivity index (χ0v) is 10.9. The van der Waals surface area contributed by atoms with Crippen LogP contribution in [0.25, 0.3) is 0 Å². The molecule has 1 aromatic heterocycles. The molecule has 19 heavy (non-hydrogen) atoms. The van der Waals surface area contributed by atoms with Crippen LogP contribution in [0.3, 0.4) is 0 Å². The van der Waals surface area contributed by atoms with Crippen LogP contribution in [0.2, 0.25) is 0 Å². The summed E-state index contributed by atoms with van der Waals surface area (Å²) in [5.41, 5.74) is 0. The molecule has 4 rings (SSSR count). The van der Waals surface area contributed by atoms with Gasteiger partial charge in [-0.15, -0.1) is 5.10 Å². The monoisotopic (exact) mass is 262 g/mol. The number of nitrogens with one attached hydrogen (secondary N) is 2. The van der Waals surface area contributed by atoms with Crippen LogP contribution in [-0.4, -0.2) is 27.7 Å². The first-order valence-corrected chi connectivity index (χ1v) is 7.14. The number of rotatable bonds is 4. The molecule has 6 heteroatoms. The predicted molar refractivity (Wildman–Crippen MR) is 67.5 cm³/mol. The highest BCUT2D eigenvalue weighted by Gasteiger charge is 2.67. The van der Waals surface area contributed by atoms with Crippen molar-refractivity contribution < 1.29 is 9.53 Å². The summed E-state index contributed by atoms with van der Waals surface area (Å²) < 4.78 is 5.16. The molecule has 102 valence electrons. The molecule has 0 radical (unpaired) electrons. The van der Waals surface area contributed by atoms with Gasteiger partial charge in [-0.2, -0.15) is 4.98 Å². The average Bonchev–Trinajstić information content (AvgIpc) is 2.75. The Labute approximate surface area is 111 Å². The molecule has 1 heterocycles. The lowest BCUT2D eigenvalue weighted by atomic mass is 10.0. The Morgan fingerprint density at radius 2 is 2.16 bits per heavy atom. The lowest BCUT2D eigenvalue weighted by Gasteiger charge is -2.07. The molecule has 0 aromatic carbocycles. The van der Waals surface area contributed by atoms with E-state index in [9.17, 15) is 4.79 Å². The molecule has 3 aliphatic carbocycles. The summed E-state index contributed by atoms with van der Waals surface area (Å²) in [6.45, 7) is 2.39. The highest BCUT2D eigenvalue weighted by atomic mass is 16.5. The number of fused-ring (bicyclic) bond motifs is 5. The van der Waals surface area contributed by atoms with Crippen LogP contribution in [0, 0.1) is 29.6 Å². The Hall–Kier alpha value is -1.59. The molecule has 3 fully saturated rings. The first kappa shape index (κ1) is 11.3. The molecule has 3 aliphatic rings. The molecule has 1 amide bonds. The number of nitrogens with zero attached hydrogens (tertiary/aromatic N) is 2. The number of carbonyl (C=O) groups excluding carboxylic acids is 1. The van der Waals surface area contributed by atoms with Crippen molar-refractivity contribution in [1.82, 2.24) is 15.2 Å². The summed E-state index contributed by atoms with van der Waals surface area (Å²) in [4.78, 5) is 16.3. The number of carbonyl (C=O) groups is 1. The smallest absolute Gasteiger partial charge is 0.337 e. The van der Waals surface area contributed by atoms with Gasteiger partial charge in [-0.3, -0.25) is 10.1 Å². The van der Waals surface area contributed by atoms with E-state index in [1.54, 1.807) is 0 Å².